The van der Waals surface area contributed by atoms with Crippen LogP contribution in [0.2, 0.25) is 0 Å². The Morgan fingerprint density at radius 2 is 1.91 bits per heavy atom. The van der Waals surface area contributed by atoms with E-state index in [1.165, 1.54) is 4.57 Å². The van der Waals surface area contributed by atoms with Crippen molar-refractivity contribution in [2.75, 3.05) is 12.4 Å². The molecule has 0 aliphatic rings. The van der Waals surface area contributed by atoms with Crippen molar-refractivity contribution in [1.82, 2.24) is 14.3 Å². The summed E-state index contributed by atoms with van der Waals surface area (Å²) in [6.45, 7) is 0. The highest BCUT2D eigenvalue weighted by Crippen LogP contribution is 2.24. The van der Waals surface area contributed by atoms with Gasteiger partial charge in [0, 0.05) is 19.8 Å². The summed E-state index contributed by atoms with van der Waals surface area (Å²) in [4.78, 5) is 12.4. The number of fused-ring (bicyclic) bond motifs is 1. The minimum atomic E-state index is -0.254. The summed E-state index contributed by atoms with van der Waals surface area (Å²) >= 11 is 5.18. The number of nitrogens with zero attached hydrogens (tertiary/aromatic N) is 3. The Bertz CT molecular complexity index is 953. The van der Waals surface area contributed by atoms with E-state index in [1.54, 1.807) is 25.8 Å². The Morgan fingerprint density at radius 1 is 1.23 bits per heavy atom. The maximum absolute atomic E-state index is 12.4. The number of ether oxygens (including phenoxy) is 1. The van der Waals surface area contributed by atoms with Gasteiger partial charge in [-0.05, 0) is 36.5 Å². The molecule has 0 fully saturated rings. The van der Waals surface area contributed by atoms with Gasteiger partial charge in [-0.3, -0.25) is 13.9 Å². The molecule has 0 amide bonds. The molecular weight excluding hydrogens is 304 g/mol. The molecule has 0 radical (unpaired) electrons. The van der Waals surface area contributed by atoms with Gasteiger partial charge in [-0.15, -0.1) is 0 Å². The lowest BCUT2D eigenvalue weighted by Gasteiger charge is -2.06. The van der Waals surface area contributed by atoms with Crippen LogP contribution >= 0.6 is 12.2 Å². The predicted octanol–water partition coefficient (Wildman–Crippen LogP) is 2.35. The zero-order valence-electron chi connectivity index (χ0n) is 12.3. The average molecular weight is 318 g/mol. The predicted molar refractivity (Wildman–Crippen MR) is 85.3 cm³/mol. The molecule has 8 heteroatoms. The topological polar surface area (TPSA) is 74.2 Å². The van der Waals surface area contributed by atoms with Gasteiger partial charge in [0.15, 0.2) is 10.6 Å². The molecule has 0 aliphatic heterocycles. The van der Waals surface area contributed by atoms with E-state index in [0.717, 1.165) is 11.4 Å². The van der Waals surface area contributed by atoms with E-state index in [1.807, 2.05) is 24.3 Å². The molecule has 2 aromatic heterocycles. The van der Waals surface area contributed by atoms with E-state index in [2.05, 4.69) is 10.5 Å². The molecule has 0 bridgehead atoms. The Kier molecular flexibility index (Phi) is 3.45. The van der Waals surface area contributed by atoms with Gasteiger partial charge in [-0.25, -0.2) is 0 Å². The summed E-state index contributed by atoms with van der Waals surface area (Å²) in [7, 11) is 4.95. The Hall–Kier alpha value is -2.61. The highest BCUT2D eigenvalue weighted by molar-refractivity contribution is 7.71. The summed E-state index contributed by atoms with van der Waals surface area (Å²) in [5.41, 5.74) is 0.850. The number of methoxy groups -OCH3 is 1. The molecule has 2 heterocycles. The van der Waals surface area contributed by atoms with Crippen LogP contribution < -0.4 is 15.6 Å². The van der Waals surface area contributed by atoms with Gasteiger partial charge in [0.1, 0.15) is 11.1 Å². The second-order valence-electron chi connectivity index (χ2n) is 4.77. The van der Waals surface area contributed by atoms with Gasteiger partial charge < -0.3 is 14.6 Å². The van der Waals surface area contributed by atoms with Gasteiger partial charge in [-0.1, -0.05) is 5.16 Å². The summed E-state index contributed by atoms with van der Waals surface area (Å²) in [6, 6.07) is 7.27. The fourth-order valence-electron chi connectivity index (χ4n) is 2.17. The standard InChI is InChI=1S/C14H14N4O3S/c1-17-12(19)10-11(16-21-13(10)18(2)14(17)22)15-8-4-6-9(20-3)7-5-8/h4-7H,1-3H3,(H,15,16). The molecule has 3 aromatic rings. The van der Waals surface area contributed by atoms with E-state index in [-0.39, 0.29) is 5.56 Å². The van der Waals surface area contributed by atoms with Crippen LogP contribution in [0.5, 0.6) is 5.75 Å². The molecule has 0 spiro atoms. The molecule has 1 aromatic carbocycles. The number of hydrogen-bond donors (Lipinski definition) is 1. The van der Waals surface area contributed by atoms with Crippen molar-refractivity contribution in [3.8, 4) is 5.75 Å². The highest BCUT2D eigenvalue weighted by Gasteiger charge is 2.17. The second-order valence-corrected chi connectivity index (χ2v) is 5.14. The van der Waals surface area contributed by atoms with Crippen LogP contribution in [0.4, 0.5) is 11.5 Å². The first-order valence-electron chi connectivity index (χ1n) is 6.49. The lowest BCUT2D eigenvalue weighted by molar-refractivity contribution is 0.415. The van der Waals surface area contributed by atoms with Crippen molar-refractivity contribution in [3.63, 3.8) is 0 Å². The first-order chi connectivity index (χ1) is 10.5. The summed E-state index contributed by atoms with van der Waals surface area (Å²) in [5.74, 6) is 1.10. The van der Waals surface area contributed by atoms with Crippen molar-refractivity contribution < 1.29 is 9.26 Å². The molecule has 22 heavy (non-hydrogen) atoms. The minimum Gasteiger partial charge on any atom is -0.497 e. The third-order valence-corrected chi connectivity index (χ3v) is 3.97. The monoisotopic (exact) mass is 318 g/mol. The number of aryl methyl sites for hydroxylation is 1. The van der Waals surface area contributed by atoms with Crippen molar-refractivity contribution in [2.45, 2.75) is 0 Å². The maximum Gasteiger partial charge on any atom is 0.269 e. The van der Waals surface area contributed by atoms with Crippen molar-refractivity contribution in [3.05, 3.63) is 39.4 Å². The van der Waals surface area contributed by atoms with Crippen LogP contribution in [0.1, 0.15) is 0 Å². The number of benzene rings is 1. The van der Waals surface area contributed by atoms with Crippen LogP contribution in [-0.2, 0) is 14.1 Å². The minimum absolute atomic E-state index is 0.254. The zero-order valence-corrected chi connectivity index (χ0v) is 13.1. The Morgan fingerprint density at radius 3 is 2.55 bits per heavy atom. The van der Waals surface area contributed by atoms with E-state index in [0.29, 0.717) is 21.7 Å². The van der Waals surface area contributed by atoms with Crippen LogP contribution in [0.15, 0.2) is 33.6 Å². The van der Waals surface area contributed by atoms with Crippen LogP contribution in [0.25, 0.3) is 11.1 Å². The number of hydrogen-bond acceptors (Lipinski definition) is 6. The van der Waals surface area contributed by atoms with Crippen LogP contribution in [0.3, 0.4) is 0 Å². The second kappa shape index (κ2) is 5.30. The summed E-state index contributed by atoms with van der Waals surface area (Å²) < 4.78 is 13.7. The van der Waals surface area contributed by atoms with Gasteiger partial charge in [-0.2, -0.15) is 0 Å². The number of aromatic nitrogens is 3. The first-order valence-corrected chi connectivity index (χ1v) is 6.90. The van der Waals surface area contributed by atoms with Gasteiger partial charge >= 0.3 is 0 Å². The Labute approximate surface area is 130 Å². The SMILES string of the molecule is COc1ccc(Nc2noc3c2c(=O)n(C)c(=S)n3C)cc1. The maximum atomic E-state index is 12.4. The third kappa shape index (κ3) is 2.17. The normalized spacial score (nSPS) is 10.9. The molecule has 0 atom stereocenters. The molecule has 0 aliphatic carbocycles. The highest BCUT2D eigenvalue weighted by atomic mass is 32.1. The smallest absolute Gasteiger partial charge is 0.269 e. The third-order valence-electron chi connectivity index (χ3n) is 3.42. The lowest BCUT2D eigenvalue weighted by atomic mass is 10.3. The molecule has 7 nitrogen and oxygen atoms in total. The van der Waals surface area contributed by atoms with Crippen molar-refractivity contribution in [2.24, 2.45) is 14.1 Å². The largest absolute Gasteiger partial charge is 0.497 e. The first kappa shape index (κ1) is 14.3. The number of nitrogens with one attached hydrogen (secondary N) is 1. The molecular formula is C14H14N4O3S. The van der Waals surface area contributed by atoms with Crippen LogP contribution in [0, 0.1) is 4.77 Å². The van der Waals surface area contributed by atoms with Gasteiger partial charge in [0.2, 0.25) is 5.71 Å². The van der Waals surface area contributed by atoms with Crippen molar-refractivity contribution in [1.29, 1.82) is 0 Å². The fraction of sp³-hybridized carbons (Fsp3) is 0.214. The van der Waals surface area contributed by atoms with E-state index >= 15 is 0 Å². The fourth-order valence-corrected chi connectivity index (χ4v) is 2.33. The van der Waals surface area contributed by atoms with Crippen molar-refractivity contribution >= 4 is 34.8 Å². The zero-order chi connectivity index (χ0) is 15.9. The molecule has 3 rings (SSSR count). The van der Waals surface area contributed by atoms with E-state index in [9.17, 15) is 4.79 Å². The quantitative estimate of drug-likeness (QED) is 0.747. The average Bonchev–Trinajstić information content (AvgIpc) is 2.95. The summed E-state index contributed by atoms with van der Waals surface area (Å²) in [5, 5.41) is 7.37. The molecule has 0 saturated carbocycles. The van der Waals surface area contributed by atoms with E-state index in [4.69, 9.17) is 21.5 Å². The molecule has 0 saturated heterocycles. The Balaban J connectivity index is 2.12. The number of rotatable bonds is 3. The van der Waals surface area contributed by atoms with Crippen LogP contribution in [-0.4, -0.2) is 21.4 Å². The molecule has 0 unspecified atom stereocenters. The van der Waals surface area contributed by atoms with E-state index < -0.39 is 0 Å². The molecule has 1 N–H and O–H groups in total. The summed E-state index contributed by atoms with van der Waals surface area (Å²) in [6.07, 6.45) is 0. The lowest BCUT2D eigenvalue weighted by Crippen LogP contribution is -2.21. The molecule has 114 valence electrons. The van der Waals surface area contributed by atoms with Gasteiger partial charge in [0.25, 0.3) is 5.56 Å². The number of anilines is 2. The van der Waals surface area contributed by atoms with Gasteiger partial charge in [0.05, 0.1) is 7.11 Å².